The molecule has 0 radical (unpaired) electrons. The van der Waals surface area contributed by atoms with Gasteiger partial charge in [-0.05, 0) is 49.9 Å². The first-order valence-electron chi connectivity index (χ1n) is 7.72. The van der Waals surface area contributed by atoms with Crippen molar-refractivity contribution in [2.75, 3.05) is 12.3 Å². The lowest BCUT2D eigenvalue weighted by Gasteiger charge is -2.31. The molecule has 0 amide bonds. The Morgan fingerprint density at radius 2 is 2.19 bits per heavy atom. The molecule has 1 N–H and O–H groups in total. The summed E-state index contributed by atoms with van der Waals surface area (Å²) in [5, 5.41) is 3.23. The standard InChI is InChI=1S/C16H24BrNO2S/c1-2-9-18-15(12-13-6-5-7-14(17)11-13)16-8-3-4-10-21(16,19)20/h5-7,11,15-16,18H,2-4,8-10,12H2,1H3. The Bertz CT molecular complexity index is 559. The third-order valence-electron chi connectivity index (χ3n) is 4.08. The van der Waals surface area contributed by atoms with Crippen molar-refractivity contribution in [3.05, 3.63) is 34.3 Å². The second-order valence-corrected chi connectivity index (χ2v) is 9.05. The minimum atomic E-state index is -2.96. The molecular formula is C16H24BrNO2S. The molecule has 118 valence electrons. The van der Waals surface area contributed by atoms with E-state index in [0.717, 1.165) is 43.1 Å². The average Bonchev–Trinajstić information content (AvgIpc) is 2.43. The van der Waals surface area contributed by atoms with Gasteiger partial charge in [0.15, 0.2) is 9.84 Å². The van der Waals surface area contributed by atoms with Crippen LogP contribution in [0, 0.1) is 0 Å². The van der Waals surface area contributed by atoms with Crippen LogP contribution in [-0.2, 0) is 16.3 Å². The zero-order valence-corrected chi connectivity index (χ0v) is 14.9. The molecular weight excluding hydrogens is 350 g/mol. The van der Waals surface area contributed by atoms with E-state index in [1.807, 2.05) is 12.1 Å². The second-order valence-electron chi connectivity index (χ2n) is 5.80. The molecule has 0 bridgehead atoms. The van der Waals surface area contributed by atoms with Crippen molar-refractivity contribution < 1.29 is 8.42 Å². The monoisotopic (exact) mass is 373 g/mol. The molecule has 5 heteroatoms. The Balaban J connectivity index is 2.17. The predicted octanol–water partition coefficient (Wildman–Crippen LogP) is 3.33. The summed E-state index contributed by atoms with van der Waals surface area (Å²) < 4.78 is 25.8. The molecule has 1 aliphatic heterocycles. The lowest BCUT2D eigenvalue weighted by molar-refractivity contribution is 0.433. The highest BCUT2D eigenvalue weighted by Crippen LogP contribution is 2.25. The SMILES string of the molecule is CCCNC(Cc1cccc(Br)c1)C1CCCCS1(=O)=O. The topological polar surface area (TPSA) is 46.2 Å². The highest BCUT2D eigenvalue weighted by molar-refractivity contribution is 9.10. The van der Waals surface area contributed by atoms with E-state index in [1.165, 1.54) is 5.56 Å². The number of nitrogens with one attached hydrogen (secondary N) is 1. The summed E-state index contributed by atoms with van der Waals surface area (Å²) in [5.41, 5.74) is 1.18. The predicted molar refractivity (Wildman–Crippen MR) is 91.4 cm³/mol. The number of hydrogen-bond donors (Lipinski definition) is 1. The summed E-state index contributed by atoms with van der Waals surface area (Å²) >= 11 is 3.48. The van der Waals surface area contributed by atoms with Crippen LogP contribution in [0.3, 0.4) is 0 Å². The Morgan fingerprint density at radius 1 is 1.38 bits per heavy atom. The summed E-state index contributed by atoms with van der Waals surface area (Å²) in [4.78, 5) is 0. The van der Waals surface area contributed by atoms with E-state index in [9.17, 15) is 8.42 Å². The van der Waals surface area contributed by atoms with Gasteiger partial charge >= 0.3 is 0 Å². The molecule has 2 atom stereocenters. The van der Waals surface area contributed by atoms with E-state index in [0.29, 0.717) is 5.75 Å². The fourth-order valence-electron chi connectivity index (χ4n) is 3.01. The van der Waals surface area contributed by atoms with Gasteiger partial charge in [-0.3, -0.25) is 0 Å². The average molecular weight is 374 g/mol. The Labute approximate surface area is 136 Å². The largest absolute Gasteiger partial charge is 0.312 e. The van der Waals surface area contributed by atoms with Gasteiger partial charge in [0, 0.05) is 10.5 Å². The van der Waals surface area contributed by atoms with Crippen LogP contribution in [0.15, 0.2) is 28.7 Å². The van der Waals surface area contributed by atoms with Gasteiger partial charge in [-0.25, -0.2) is 8.42 Å². The fourth-order valence-corrected chi connectivity index (χ4v) is 5.59. The molecule has 1 aromatic carbocycles. The van der Waals surface area contributed by atoms with Crippen LogP contribution in [0.1, 0.15) is 38.2 Å². The first-order chi connectivity index (χ1) is 10.0. The van der Waals surface area contributed by atoms with E-state index in [2.05, 4.69) is 40.3 Å². The van der Waals surface area contributed by atoms with Gasteiger partial charge in [0.25, 0.3) is 0 Å². The molecule has 1 aliphatic rings. The number of halogens is 1. The summed E-state index contributed by atoms with van der Waals surface area (Å²) in [6.07, 6.45) is 4.41. The maximum Gasteiger partial charge on any atom is 0.154 e. The van der Waals surface area contributed by atoms with Crippen LogP contribution in [0.2, 0.25) is 0 Å². The maximum atomic E-state index is 12.4. The van der Waals surface area contributed by atoms with Crippen molar-refractivity contribution in [2.24, 2.45) is 0 Å². The van der Waals surface area contributed by atoms with Crippen molar-refractivity contribution in [2.45, 2.75) is 50.3 Å². The Hall–Kier alpha value is -0.390. The molecule has 1 fully saturated rings. The molecule has 2 rings (SSSR count). The summed E-state index contributed by atoms with van der Waals surface area (Å²) in [6, 6.07) is 8.17. The molecule has 0 saturated carbocycles. The van der Waals surface area contributed by atoms with Gasteiger partial charge in [-0.1, -0.05) is 41.4 Å². The zero-order chi connectivity index (χ0) is 15.3. The molecule has 0 spiro atoms. The zero-order valence-electron chi connectivity index (χ0n) is 12.5. The number of benzene rings is 1. The van der Waals surface area contributed by atoms with Crippen LogP contribution >= 0.6 is 15.9 Å². The van der Waals surface area contributed by atoms with Crippen molar-refractivity contribution in [1.29, 1.82) is 0 Å². The minimum absolute atomic E-state index is 0.0181. The molecule has 2 unspecified atom stereocenters. The maximum absolute atomic E-state index is 12.4. The fraction of sp³-hybridized carbons (Fsp3) is 0.625. The van der Waals surface area contributed by atoms with Crippen molar-refractivity contribution in [3.63, 3.8) is 0 Å². The van der Waals surface area contributed by atoms with Crippen LogP contribution in [0.4, 0.5) is 0 Å². The third-order valence-corrected chi connectivity index (χ3v) is 6.92. The first kappa shape index (κ1) is 17.0. The highest BCUT2D eigenvalue weighted by Gasteiger charge is 2.35. The Morgan fingerprint density at radius 3 is 2.86 bits per heavy atom. The number of sulfone groups is 1. The van der Waals surface area contributed by atoms with E-state index in [1.54, 1.807) is 0 Å². The second kappa shape index (κ2) is 7.75. The lowest BCUT2D eigenvalue weighted by Crippen LogP contribution is -2.48. The molecule has 1 saturated heterocycles. The van der Waals surface area contributed by atoms with Crippen LogP contribution in [0.25, 0.3) is 0 Å². The molecule has 1 aromatic rings. The van der Waals surface area contributed by atoms with E-state index < -0.39 is 9.84 Å². The Kier molecular flexibility index (Phi) is 6.26. The number of rotatable bonds is 6. The summed E-state index contributed by atoms with van der Waals surface area (Å²) in [5.74, 6) is 0.348. The van der Waals surface area contributed by atoms with E-state index >= 15 is 0 Å². The van der Waals surface area contributed by atoms with Gasteiger partial charge in [0.05, 0.1) is 11.0 Å². The van der Waals surface area contributed by atoms with Gasteiger partial charge < -0.3 is 5.32 Å². The van der Waals surface area contributed by atoms with Gasteiger partial charge in [-0.2, -0.15) is 0 Å². The molecule has 3 nitrogen and oxygen atoms in total. The van der Waals surface area contributed by atoms with Crippen LogP contribution in [0.5, 0.6) is 0 Å². The van der Waals surface area contributed by atoms with Crippen LogP contribution in [-0.4, -0.2) is 32.0 Å². The van der Waals surface area contributed by atoms with E-state index in [4.69, 9.17) is 0 Å². The third kappa shape index (κ3) is 4.80. The first-order valence-corrected chi connectivity index (χ1v) is 10.2. The van der Waals surface area contributed by atoms with Crippen molar-refractivity contribution in [1.82, 2.24) is 5.32 Å². The quantitative estimate of drug-likeness (QED) is 0.831. The van der Waals surface area contributed by atoms with Gasteiger partial charge in [-0.15, -0.1) is 0 Å². The van der Waals surface area contributed by atoms with Gasteiger partial charge in [0.2, 0.25) is 0 Å². The van der Waals surface area contributed by atoms with Crippen LogP contribution < -0.4 is 5.32 Å². The van der Waals surface area contributed by atoms with Crippen molar-refractivity contribution >= 4 is 25.8 Å². The summed E-state index contributed by atoms with van der Waals surface area (Å²) in [6.45, 7) is 2.98. The molecule has 1 heterocycles. The molecule has 21 heavy (non-hydrogen) atoms. The van der Waals surface area contributed by atoms with Crippen molar-refractivity contribution in [3.8, 4) is 0 Å². The van der Waals surface area contributed by atoms with Gasteiger partial charge in [0.1, 0.15) is 0 Å². The normalized spacial score (nSPS) is 22.9. The lowest BCUT2D eigenvalue weighted by atomic mass is 9.99. The minimum Gasteiger partial charge on any atom is -0.312 e. The highest BCUT2D eigenvalue weighted by atomic mass is 79.9. The number of hydrogen-bond acceptors (Lipinski definition) is 3. The molecule has 0 aromatic heterocycles. The summed E-state index contributed by atoms with van der Waals surface area (Å²) in [7, 11) is -2.96. The van der Waals surface area contributed by atoms with E-state index in [-0.39, 0.29) is 11.3 Å². The molecule has 0 aliphatic carbocycles. The smallest absolute Gasteiger partial charge is 0.154 e.